The number of amides is 3. The molecule has 204 valence electrons. The lowest BCUT2D eigenvalue weighted by molar-refractivity contribution is -0.137. The Morgan fingerprint density at radius 1 is 1.16 bits per heavy atom. The largest absolute Gasteiger partial charge is 0.416 e. The number of primary amides is 1. The lowest BCUT2D eigenvalue weighted by Gasteiger charge is -2.23. The zero-order valence-electron chi connectivity index (χ0n) is 21.9. The predicted octanol–water partition coefficient (Wildman–Crippen LogP) is 4.69. The van der Waals surface area contributed by atoms with E-state index >= 15 is 0 Å². The molecule has 0 saturated heterocycles. The van der Waals surface area contributed by atoms with Crippen molar-refractivity contribution in [3.63, 3.8) is 0 Å². The van der Waals surface area contributed by atoms with Gasteiger partial charge in [0.2, 0.25) is 18.0 Å². The van der Waals surface area contributed by atoms with Gasteiger partial charge in [-0.25, -0.2) is 4.99 Å². The Labute approximate surface area is 220 Å². The van der Waals surface area contributed by atoms with E-state index in [1.165, 1.54) is 24.1 Å². The molecule has 1 unspecified atom stereocenters. The van der Waals surface area contributed by atoms with Crippen LogP contribution in [0.4, 0.5) is 18.9 Å². The maximum atomic E-state index is 13.2. The summed E-state index contributed by atoms with van der Waals surface area (Å²) in [6.07, 6.45) is -3.91. The molecule has 3 rings (SSSR count). The van der Waals surface area contributed by atoms with Gasteiger partial charge in [-0.1, -0.05) is 50.3 Å². The number of benzene rings is 2. The molecule has 1 heterocycles. The highest BCUT2D eigenvalue weighted by Crippen LogP contribution is 2.31. The van der Waals surface area contributed by atoms with Gasteiger partial charge in [-0.05, 0) is 37.5 Å². The number of allylic oxidation sites excluding steroid dienone is 1. The normalized spacial score (nSPS) is 15.9. The van der Waals surface area contributed by atoms with Gasteiger partial charge in [0.25, 0.3) is 5.91 Å². The van der Waals surface area contributed by atoms with Gasteiger partial charge in [-0.15, -0.1) is 6.58 Å². The van der Waals surface area contributed by atoms with Gasteiger partial charge >= 0.3 is 6.18 Å². The van der Waals surface area contributed by atoms with Crippen molar-refractivity contribution in [3.8, 4) is 0 Å². The molecule has 0 saturated carbocycles. The summed E-state index contributed by atoms with van der Waals surface area (Å²) in [6, 6.07) is 11.3. The fourth-order valence-corrected chi connectivity index (χ4v) is 4.01. The number of carbonyl (C=O) groups is 3. The number of hydrogen-bond acceptors (Lipinski definition) is 4. The van der Waals surface area contributed by atoms with E-state index in [-0.39, 0.29) is 18.1 Å². The standard InChI is InChI=1S/C25H27F3N4O3.C3H6/c1-14(2)12-16(13-20(29)33)23(34)31-22-24(35)32(3)19-7-5-4-6-18(19)21(30-22)15-8-10-17(11-9-15)25(26,27)28;1-3-2/h4-11,14,16,22H,12-13H2,1-3H3,(H2,29,33)(H,31,34);3H,1H2,2H3/t16-,22?;/m1./s1. The molecule has 38 heavy (non-hydrogen) atoms. The topological polar surface area (TPSA) is 105 Å². The van der Waals surface area contributed by atoms with E-state index in [4.69, 9.17) is 5.73 Å². The Hall–Kier alpha value is -3.95. The number of nitrogens with one attached hydrogen (secondary N) is 1. The molecule has 3 amide bonds. The van der Waals surface area contributed by atoms with E-state index in [1.807, 2.05) is 20.8 Å². The van der Waals surface area contributed by atoms with Crippen molar-refractivity contribution in [3.05, 3.63) is 77.9 Å². The molecular weight excluding hydrogens is 497 g/mol. The van der Waals surface area contributed by atoms with Crippen molar-refractivity contribution in [1.29, 1.82) is 0 Å². The highest BCUT2D eigenvalue weighted by Gasteiger charge is 2.34. The first-order chi connectivity index (χ1) is 17.8. The Bertz CT molecular complexity index is 1190. The summed E-state index contributed by atoms with van der Waals surface area (Å²) in [5, 5.41) is 2.61. The number of likely N-dealkylation sites (N-methyl/N-ethyl adjacent to an activating group) is 1. The minimum absolute atomic E-state index is 0.0908. The van der Waals surface area contributed by atoms with Crippen molar-refractivity contribution in [2.24, 2.45) is 22.6 Å². The molecule has 0 radical (unpaired) electrons. The third-order valence-corrected chi connectivity index (χ3v) is 5.68. The zero-order valence-corrected chi connectivity index (χ0v) is 21.9. The van der Waals surface area contributed by atoms with Crippen LogP contribution in [0.1, 0.15) is 50.3 Å². The van der Waals surface area contributed by atoms with Gasteiger partial charge in [0, 0.05) is 30.5 Å². The van der Waals surface area contributed by atoms with Crippen LogP contribution in [-0.4, -0.2) is 36.6 Å². The summed E-state index contributed by atoms with van der Waals surface area (Å²) >= 11 is 0. The van der Waals surface area contributed by atoms with E-state index in [2.05, 4.69) is 16.9 Å². The van der Waals surface area contributed by atoms with E-state index in [1.54, 1.807) is 30.3 Å². The number of halogens is 3. The number of nitrogens with two attached hydrogens (primary N) is 1. The van der Waals surface area contributed by atoms with E-state index in [0.717, 1.165) is 12.1 Å². The van der Waals surface area contributed by atoms with Crippen molar-refractivity contribution in [1.82, 2.24) is 5.32 Å². The van der Waals surface area contributed by atoms with Gasteiger partial charge < -0.3 is 16.0 Å². The average molecular weight is 531 g/mol. The molecule has 1 aliphatic rings. The number of carbonyl (C=O) groups excluding carboxylic acids is 3. The Morgan fingerprint density at radius 3 is 2.26 bits per heavy atom. The van der Waals surface area contributed by atoms with Gasteiger partial charge in [0.15, 0.2) is 0 Å². The number of aliphatic imine (C=N–C) groups is 1. The zero-order chi connectivity index (χ0) is 28.6. The number of nitrogens with zero attached hydrogens (tertiary/aromatic N) is 2. The summed E-state index contributed by atoms with van der Waals surface area (Å²) in [4.78, 5) is 43.6. The van der Waals surface area contributed by atoms with Crippen LogP contribution in [0.5, 0.6) is 0 Å². The second-order valence-electron chi connectivity index (χ2n) is 9.28. The van der Waals surface area contributed by atoms with Crippen molar-refractivity contribution in [2.75, 3.05) is 11.9 Å². The first-order valence-electron chi connectivity index (χ1n) is 12.1. The molecule has 0 aliphatic carbocycles. The molecule has 3 N–H and O–H groups in total. The van der Waals surface area contributed by atoms with Crippen molar-refractivity contribution >= 4 is 29.1 Å². The molecule has 0 aromatic heterocycles. The Balaban J connectivity index is 0.00000161. The highest BCUT2D eigenvalue weighted by atomic mass is 19.4. The maximum Gasteiger partial charge on any atom is 0.416 e. The van der Waals surface area contributed by atoms with Crippen molar-refractivity contribution < 1.29 is 27.6 Å². The number of fused-ring (bicyclic) bond motifs is 1. The summed E-state index contributed by atoms with van der Waals surface area (Å²) in [7, 11) is 1.53. The molecule has 1 aliphatic heterocycles. The minimum Gasteiger partial charge on any atom is -0.370 e. The maximum absolute atomic E-state index is 13.2. The van der Waals surface area contributed by atoms with Crippen LogP contribution >= 0.6 is 0 Å². The van der Waals surface area contributed by atoms with Crippen LogP contribution in [0.3, 0.4) is 0 Å². The van der Waals surface area contributed by atoms with Gasteiger partial charge in [-0.2, -0.15) is 13.2 Å². The summed E-state index contributed by atoms with van der Waals surface area (Å²) in [6.45, 7) is 9.03. The monoisotopic (exact) mass is 530 g/mol. The molecule has 2 aromatic rings. The van der Waals surface area contributed by atoms with E-state index < -0.39 is 41.5 Å². The lowest BCUT2D eigenvalue weighted by Crippen LogP contribution is -2.48. The van der Waals surface area contributed by atoms with E-state index in [0.29, 0.717) is 23.2 Å². The number of anilines is 1. The number of benzodiazepines with no additional fused rings is 1. The molecule has 10 heteroatoms. The highest BCUT2D eigenvalue weighted by molar-refractivity contribution is 6.20. The second kappa shape index (κ2) is 13.0. The van der Waals surface area contributed by atoms with Crippen LogP contribution in [-0.2, 0) is 20.6 Å². The molecule has 0 spiro atoms. The first kappa shape index (κ1) is 30.3. The van der Waals surface area contributed by atoms with Crippen LogP contribution in [0.2, 0.25) is 0 Å². The fraction of sp³-hybridized carbons (Fsp3) is 0.357. The van der Waals surface area contributed by atoms with Crippen molar-refractivity contribution in [2.45, 2.75) is 46.0 Å². The predicted molar refractivity (Wildman–Crippen MR) is 141 cm³/mol. The molecule has 7 nitrogen and oxygen atoms in total. The molecular formula is C28H33F3N4O3. The average Bonchev–Trinajstić information content (AvgIpc) is 2.94. The number of rotatable bonds is 7. The van der Waals surface area contributed by atoms with Crippen LogP contribution < -0.4 is 16.0 Å². The quantitative estimate of drug-likeness (QED) is 0.508. The van der Waals surface area contributed by atoms with E-state index in [9.17, 15) is 27.6 Å². The number of hydrogen-bond donors (Lipinski definition) is 2. The third kappa shape index (κ3) is 7.77. The van der Waals surface area contributed by atoms with Gasteiger partial charge in [-0.3, -0.25) is 14.4 Å². The molecule has 2 aromatic carbocycles. The Kier molecular flexibility index (Phi) is 10.4. The molecule has 2 atom stereocenters. The smallest absolute Gasteiger partial charge is 0.370 e. The van der Waals surface area contributed by atoms with Crippen LogP contribution in [0, 0.1) is 11.8 Å². The molecule has 0 fully saturated rings. The Morgan fingerprint density at radius 2 is 1.74 bits per heavy atom. The van der Waals surface area contributed by atoms with Crippen LogP contribution in [0.15, 0.2) is 66.2 Å². The van der Waals surface area contributed by atoms with Gasteiger partial charge in [0.1, 0.15) is 0 Å². The lowest BCUT2D eigenvalue weighted by atomic mass is 9.93. The SMILES string of the molecule is C=CC.CC(C)C[C@H](CC(N)=O)C(=O)NC1N=C(c2ccc(C(F)(F)F)cc2)c2ccccc2N(C)C1=O. The van der Waals surface area contributed by atoms with Crippen LogP contribution in [0.25, 0.3) is 0 Å². The summed E-state index contributed by atoms with van der Waals surface area (Å²) < 4.78 is 39.2. The summed E-state index contributed by atoms with van der Waals surface area (Å²) in [5.41, 5.74) is 6.12. The number of para-hydroxylation sites is 1. The first-order valence-corrected chi connectivity index (χ1v) is 12.1. The van der Waals surface area contributed by atoms with Gasteiger partial charge in [0.05, 0.1) is 17.0 Å². The fourth-order valence-electron chi connectivity index (χ4n) is 4.01. The second-order valence-corrected chi connectivity index (χ2v) is 9.28. The third-order valence-electron chi connectivity index (χ3n) is 5.68. The molecule has 0 bridgehead atoms. The summed E-state index contributed by atoms with van der Waals surface area (Å²) in [5.74, 6) is -2.38. The number of alkyl halides is 3. The minimum atomic E-state index is -4.50.